The van der Waals surface area contributed by atoms with Gasteiger partial charge >= 0.3 is 0 Å². The van der Waals surface area contributed by atoms with Crippen molar-refractivity contribution in [2.75, 3.05) is 0 Å². The molecule has 0 unspecified atom stereocenters. The monoisotopic (exact) mass is 972 g/mol. The molecule has 4 heteroatoms. The summed E-state index contributed by atoms with van der Waals surface area (Å²) in [4.78, 5) is 16.2. The Bertz CT molecular complexity index is 4300. The van der Waals surface area contributed by atoms with E-state index in [1.165, 1.54) is 104 Å². The number of rotatable bonds is 5. The first-order valence-corrected chi connectivity index (χ1v) is 27.5. The smallest absolute Gasteiger partial charge is 0.164 e. The molecule has 6 aliphatic carbocycles. The van der Waals surface area contributed by atoms with E-state index in [1.54, 1.807) is 5.56 Å². The third-order valence-corrected chi connectivity index (χ3v) is 19.1. The van der Waals surface area contributed by atoms with Gasteiger partial charge in [-0.2, -0.15) is 0 Å². The van der Waals surface area contributed by atoms with Gasteiger partial charge in [0.15, 0.2) is 17.5 Å². The molecule has 360 valence electrons. The number of aromatic nitrogens is 4. The van der Waals surface area contributed by atoms with Gasteiger partial charge in [0.25, 0.3) is 0 Å². The highest BCUT2D eigenvalue weighted by atomic mass is 15.0. The molecule has 2 spiro atoms. The van der Waals surface area contributed by atoms with Crippen LogP contribution in [-0.4, -0.2) is 19.5 Å². The normalized spacial score (nSPS) is 21.1. The van der Waals surface area contributed by atoms with Crippen molar-refractivity contribution in [2.24, 2.45) is 23.7 Å². The lowest BCUT2D eigenvalue weighted by Crippen LogP contribution is -2.59. The van der Waals surface area contributed by atoms with E-state index >= 15 is 0 Å². The van der Waals surface area contributed by atoms with Gasteiger partial charge in [0.05, 0.1) is 16.4 Å². The summed E-state index contributed by atoms with van der Waals surface area (Å²) in [5.74, 6) is 4.86. The van der Waals surface area contributed by atoms with E-state index in [1.807, 2.05) is 0 Å². The highest BCUT2D eigenvalue weighted by Crippen LogP contribution is 2.71. The number of hydrogen-bond donors (Lipinski definition) is 0. The standard InChI is InChI=1S/C72H52N4/c1-2-16-48(17-3-1)68-73-69(50-19-14-18-49(42-50)46-29-33-54(34-30-46)76-65-28-13-8-23-58(65)67-55-20-5-4-15-47(55)32-36-66(67)76)75-70(74-68)51-31-35-63-64(43-51)71(52-38-44-37-45(40-52)41-53(71)39-44)61-26-11-12-27-62(61)72(63)59-24-9-6-21-56(59)57-22-7-10-25-60(57)72/h1-36,42-45,52-53H,37-41H2. The lowest BCUT2D eigenvalue weighted by Gasteiger charge is -2.65. The van der Waals surface area contributed by atoms with Crippen molar-refractivity contribution in [1.82, 2.24) is 19.5 Å². The van der Waals surface area contributed by atoms with Gasteiger partial charge in [0, 0.05) is 38.6 Å². The van der Waals surface area contributed by atoms with Gasteiger partial charge in [-0.1, -0.05) is 194 Å². The molecule has 2 heterocycles. The Morgan fingerprint density at radius 3 is 1.61 bits per heavy atom. The molecule has 4 saturated carbocycles. The number of para-hydroxylation sites is 1. The van der Waals surface area contributed by atoms with Crippen LogP contribution >= 0.6 is 0 Å². The Morgan fingerprint density at radius 1 is 0.342 bits per heavy atom. The molecule has 0 saturated heterocycles. The van der Waals surface area contributed by atoms with Gasteiger partial charge in [-0.15, -0.1) is 0 Å². The largest absolute Gasteiger partial charge is 0.309 e. The second-order valence-electron chi connectivity index (χ2n) is 22.7. The Kier molecular flexibility index (Phi) is 8.91. The van der Waals surface area contributed by atoms with Gasteiger partial charge in [0.2, 0.25) is 0 Å². The van der Waals surface area contributed by atoms with Crippen LogP contribution in [0.5, 0.6) is 0 Å². The quantitative estimate of drug-likeness (QED) is 0.173. The summed E-state index contributed by atoms with van der Waals surface area (Å²) >= 11 is 0. The minimum absolute atomic E-state index is 0.106. The fourth-order valence-corrected chi connectivity index (χ4v) is 16.4. The fraction of sp³-hybridized carbons (Fsp3) is 0.153. The van der Waals surface area contributed by atoms with Gasteiger partial charge in [-0.3, -0.25) is 0 Å². The zero-order valence-electron chi connectivity index (χ0n) is 42.1. The Morgan fingerprint density at radius 2 is 0.882 bits per heavy atom. The molecule has 0 radical (unpaired) electrons. The molecule has 18 rings (SSSR count). The predicted octanol–water partition coefficient (Wildman–Crippen LogP) is 17.2. The van der Waals surface area contributed by atoms with Crippen molar-refractivity contribution >= 4 is 32.6 Å². The number of hydrogen-bond acceptors (Lipinski definition) is 3. The van der Waals surface area contributed by atoms with E-state index in [9.17, 15) is 0 Å². The van der Waals surface area contributed by atoms with E-state index in [2.05, 4.69) is 235 Å². The summed E-state index contributed by atoms with van der Waals surface area (Å²) in [6, 6.07) is 85.8. The molecule has 76 heavy (non-hydrogen) atoms. The fourth-order valence-electron chi connectivity index (χ4n) is 16.4. The summed E-state index contributed by atoms with van der Waals surface area (Å²) in [6.07, 6.45) is 6.61. The van der Waals surface area contributed by atoms with Crippen molar-refractivity contribution < 1.29 is 0 Å². The molecule has 6 aliphatic rings. The zero-order valence-corrected chi connectivity index (χ0v) is 42.1. The van der Waals surface area contributed by atoms with E-state index in [4.69, 9.17) is 15.0 Å². The molecular weight excluding hydrogens is 921 g/mol. The van der Waals surface area contributed by atoms with E-state index < -0.39 is 5.41 Å². The molecule has 0 aliphatic heterocycles. The van der Waals surface area contributed by atoms with Crippen molar-refractivity contribution in [3.8, 4) is 62.1 Å². The highest BCUT2D eigenvalue weighted by molar-refractivity contribution is 6.21. The summed E-state index contributed by atoms with van der Waals surface area (Å²) in [5, 5.41) is 5.09. The molecule has 0 amide bonds. The van der Waals surface area contributed by atoms with E-state index in [0.717, 1.165) is 45.3 Å². The van der Waals surface area contributed by atoms with Crippen LogP contribution in [0.15, 0.2) is 231 Å². The molecule has 4 bridgehead atoms. The first kappa shape index (κ1) is 42.6. The van der Waals surface area contributed by atoms with Gasteiger partial charge in [-0.25, -0.2) is 15.0 Å². The molecule has 4 nitrogen and oxygen atoms in total. The summed E-state index contributed by atoms with van der Waals surface area (Å²) in [5.41, 5.74) is 19.6. The third kappa shape index (κ3) is 5.76. The lowest BCUT2D eigenvalue weighted by molar-refractivity contribution is -0.0440. The molecule has 12 aromatic rings. The maximum absolute atomic E-state index is 5.51. The number of fused-ring (bicyclic) bond motifs is 14. The first-order chi connectivity index (χ1) is 37.6. The second-order valence-corrected chi connectivity index (χ2v) is 22.7. The molecular formula is C72H52N4. The average Bonchev–Trinajstić information content (AvgIpc) is 3.39. The van der Waals surface area contributed by atoms with Crippen LogP contribution in [0.3, 0.4) is 0 Å². The average molecular weight is 973 g/mol. The molecule has 0 atom stereocenters. The highest BCUT2D eigenvalue weighted by Gasteiger charge is 2.64. The SMILES string of the molecule is c1ccc(-c2nc(-c3cccc(-c4ccc(-n5c6ccccc6c6c7ccccc7ccc65)cc4)c3)nc(-c3ccc4c(c3)C3(c5ccccc5C45c4ccccc4-c4ccccc45)C4CC5CC(C4)CC3C5)n2)cc1. The number of nitrogens with zero attached hydrogens (tertiary/aromatic N) is 4. The Balaban J connectivity index is 0.827. The van der Waals surface area contributed by atoms with Crippen molar-refractivity contribution in [3.63, 3.8) is 0 Å². The Hall–Kier alpha value is -8.73. The van der Waals surface area contributed by atoms with Crippen LogP contribution in [0.2, 0.25) is 0 Å². The topological polar surface area (TPSA) is 43.6 Å². The minimum Gasteiger partial charge on any atom is -0.309 e. The second kappa shape index (κ2) is 15.9. The van der Waals surface area contributed by atoms with Gasteiger partial charge < -0.3 is 4.57 Å². The summed E-state index contributed by atoms with van der Waals surface area (Å²) < 4.78 is 2.41. The maximum atomic E-state index is 5.51. The van der Waals surface area contributed by atoms with Gasteiger partial charge in [-0.05, 0) is 159 Å². The van der Waals surface area contributed by atoms with Gasteiger partial charge in [0.1, 0.15) is 0 Å². The molecule has 2 aromatic heterocycles. The molecule has 10 aromatic carbocycles. The predicted molar refractivity (Wildman–Crippen MR) is 309 cm³/mol. The van der Waals surface area contributed by atoms with Crippen molar-refractivity contribution in [3.05, 3.63) is 264 Å². The molecule has 0 N–H and O–H groups in total. The van der Waals surface area contributed by atoms with Crippen LogP contribution in [0.4, 0.5) is 0 Å². The van der Waals surface area contributed by atoms with Crippen molar-refractivity contribution in [2.45, 2.75) is 42.9 Å². The van der Waals surface area contributed by atoms with Crippen LogP contribution < -0.4 is 0 Å². The summed E-state index contributed by atoms with van der Waals surface area (Å²) in [6.45, 7) is 0. The Labute approximate surface area is 442 Å². The third-order valence-electron chi connectivity index (χ3n) is 19.1. The number of benzene rings is 10. The van der Waals surface area contributed by atoms with Crippen molar-refractivity contribution in [1.29, 1.82) is 0 Å². The van der Waals surface area contributed by atoms with Crippen LogP contribution in [-0.2, 0) is 10.8 Å². The lowest BCUT2D eigenvalue weighted by atomic mass is 9.38. The van der Waals surface area contributed by atoms with Crippen LogP contribution in [0, 0.1) is 23.7 Å². The van der Waals surface area contributed by atoms with E-state index in [-0.39, 0.29) is 5.41 Å². The van der Waals surface area contributed by atoms with Crippen LogP contribution in [0.1, 0.15) is 65.5 Å². The zero-order chi connectivity index (χ0) is 49.7. The van der Waals surface area contributed by atoms with E-state index in [0.29, 0.717) is 29.3 Å². The maximum Gasteiger partial charge on any atom is 0.164 e. The minimum atomic E-state index is -0.450. The first-order valence-electron chi connectivity index (χ1n) is 27.5. The molecule has 4 fully saturated rings. The summed E-state index contributed by atoms with van der Waals surface area (Å²) in [7, 11) is 0. The van der Waals surface area contributed by atoms with Crippen LogP contribution in [0.25, 0.3) is 94.7 Å².